The van der Waals surface area contributed by atoms with Crippen LogP contribution in [0.1, 0.15) is 53.6 Å². The van der Waals surface area contributed by atoms with Crippen LogP contribution in [0.2, 0.25) is 5.02 Å². The van der Waals surface area contributed by atoms with Crippen molar-refractivity contribution in [3.8, 4) is 5.75 Å². The fourth-order valence-electron chi connectivity index (χ4n) is 6.80. The summed E-state index contributed by atoms with van der Waals surface area (Å²) in [6.07, 6.45) is 7.39. The first kappa shape index (κ1) is 30.8. The number of sulfonamides is 1. The molecule has 0 amide bonds. The van der Waals surface area contributed by atoms with Crippen molar-refractivity contribution in [1.29, 1.82) is 0 Å². The Hall–Kier alpha value is -2.63. The first-order chi connectivity index (χ1) is 20.0. The normalized spacial score (nSPS) is 25.2. The number of hydrogen-bond acceptors (Lipinski definition) is 7. The number of primary sulfonamides is 1. The first-order valence-corrected chi connectivity index (χ1v) is 16.4. The highest BCUT2D eigenvalue weighted by Gasteiger charge is 2.44. The number of hydrogen-bond donors (Lipinski definition) is 3. The molecule has 5 atom stereocenters. The maximum absolute atomic E-state index is 11.9. The maximum atomic E-state index is 11.9. The molecule has 42 heavy (non-hydrogen) atoms. The van der Waals surface area contributed by atoms with Crippen molar-refractivity contribution in [1.82, 2.24) is 0 Å². The van der Waals surface area contributed by atoms with Crippen LogP contribution in [0.15, 0.2) is 48.6 Å². The summed E-state index contributed by atoms with van der Waals surface area (Å²) in [6, 6.07) is 11.1. The summed E-state index contributed by atoms with van der Waals surface area (Å²) in [6.45, 7) is 1.74. The average Bonchev–Trinajstić information content (AvgIpc) is 3.07. The number of aliphatic hydroxyl groups excluding tert-OH is 1. The number of fused-ring (bicyclic) bond motifs is 3. The van der Waals surface area contributed by atoms with E-state index in [2.05, 4.69) is 11.0 Å². The number of nitrogens with zero attached hydrogens (tertiary/aromatic N) is 1. The van der Waals surface area contributed by atoms with E-state index in [-0.39, 0.29) is 35.8 Å². The van der Waals surface area contributed by atoms with Crippen LogP contribution in [-0.4, -0.2) is 69.4 Å². The number of nitrogens with two attached hydrogens (primary N) is 1. The molecule has 0 unspecified atom stereocenters. The molecular formula is C31H39ClN2O7S. The Morgan fingerprint density at radius 3 is 2.79 bits per heavy atom. The van der Waals surface area contributed by atoms with Crippen molar-refractivity contribution < 1.29 is 32.9 Å². The molecular weight excluding hydrogens is 580 g/mol. The van der Waals surface area contributed by atoms with Gasteiger partial charge in [0.25, 0.3) is 0 Å². The van der Waals surface area contributed by atoms with Crippen molar-refractivity contribution in [2.75, 3.05) is 38.3 Å². The number of allylic oxidation sites excluding steroid dienone is 1. The molecule has 11 heteroatoms. The molecule has 0 saturated heterocycles. The molecule has 9 nitrogen and oxygen atoms in total. The number of ether oxygens (including phenoxy) is 2. The molecule has 1 heterocycles. The van der Waals surface area contributed by atoms with E-state index in [4.69, 9.17) is 26.2 Å². The van der Waals surface area contributed by atoms with E-state index in [1.54, 1.807) is 30.4 Å². The molecule has 2 aromatic rings. The molecule has 1 saturated carbocycles. The van der Waals surface area contributed by atoms with Gasteiger partial charge in [-0.25, -0.2) is 18.4 Å². The minimum Gasteiger partial charge on any atom is -0.490 e. The number of anilines is 1. The molecule has 4 N–H and O–H groups in total. The molecule has 0 radical (unpaired) electrons. The summed E-state index contributed by atoms with van der Waals surface area (Å²) in [5.74, 6) is -0.202. The third-order valence-electron chi connectivity index (χ3n) is 9.20. The lowest BCUT2D eigenvalue weighted by atomic mass is 9.68. The van der Waals surface area contributed by atoms with Crippen molar-refractivity contribution in [2.45, 2.75) is 55.3 Å². The van der Waals surface area contributed by atoms with Gasteiger partial charge in [0.2, 0.25) is 10.0 Å². The molecule has 1 spiro atoms. The zero-order chi connectivity index (χ0) is 30.1. The number of rotatable bonds is 10. The van der Waals surface area contributed by atoms with E-state index in [1.807, 2.05) is 12.1 Å². The molecule has 1 aliphatic heterocycles. The van der Waals surface area contributed by atoms with Crippen LogP contribution in [0, 0.1) is 11.8 Å². The highest BCUT2D eigenvalue weighted by Crippen LogP contribution is 2.46. The highest BCUT2D eigenvalue weighted by atomic mass is 35.5. The molecule has 2 aromatic carbocycles. The number of aromatic carboxylic acids is 1. The van der Waals surface area contributed by atoms with Gasteiger partial charge in [0.15, 0.2) is 0 Å². The fourth-order valence-corrected chi connectivity index (χ4v) is 7.70. The van der Waals surface area contributed by atoms with Crippen LogP contribution in [-0.2, 0) is 26.6 Å². The average molecular weight is 619 g/mol. The summed E-state index contributed by atoms with van der Waals surface area (Å²) in [4.78, 5) is 14.1. The Balaban J connectivity index is 1.39. The predicted octanol–water partition coefficient (Wildman–Crippen LogP) is 4.15. The lowest BCUT2D eigenvalue weighted by Gasteiger charge is -2.45. The molecule has 1 fully saturated rings. The summed E-state index contributed by atoms with van der Waals surface area (Å²) in [5.41, 5.74) is 3.11. The van der Waals surface area contributed by atoms with Gasteiger partial charge in [-0.05, 0) is 91.8 Å². The smallest absolute Gasteiger partial charge is 0.335 e. The first-order valence-electron chi connectivity index (χ1n) is 14.4. The van der Waals surface area contributed by atoms with Gasteiger partial charge in [0.05, 0.1) is 30.6 Å². The van der Waals surface area contributed by atoms with Crippen LogP contribution >= 0.6 is 11.6 Å². The van der Waals surface area contributed by atoms with Gasteiger partial charge in [-0.1, -0.05) is 29.8 Å². The van der Waals surface area contributed by atoms with Crippen LogP contribution in [0.4, 0.5) is 5.69 Å². The van der Waals surface area contributed by atoms with Crippen LogP contribution in [0.5, 0.6) is 5.75 Å². The number of halogens is 1. The lowest BCUT2D eigenvalue weighted by molar-refractivity contribution is 0.0456. The Kier molecular flexibility index (Phi) is 9.20. The minimum atomic E-state index is -3.77. The number of methoxy groups -OCH3 is 1. The van der Waals surface area contributed by atoms with E-state index >= 15 is 0 Å². The summed E-state index contributed by atoms with van der Waals surface area (Å²) in [5, 5.41) is 25.9. The maximum Gasteiger partial charge on any atom is 0.335 e. The fraction of sp³-hybridized carbons (Fsp3) is 0.516. The van der Waals surface area contributed by atoms with Gasteiger partial charge < -0.3 is 24.6 Å². The molecule has 228 valence electrons. The SMILES string of the molecule is COC[C@@H](C/C=C/[C@H](O)[C@@H]1CC[C@H]1CN1C[C@@]2(CCCc3cc(Cl)ccc32)COc2ccc(C(=O)O)cc21)S(N)(=O)=O. The van der Waals surface area contributed by atoms with E-state index in [0.717, 1.165) is 37.8 Å². The highest BCUT2D eigenvalue weighted by molar-refractivity contribution is 7.89. The van der Waals surface area contributed by atoms with Crippen molar-refractivity contribution in [3.05, 3.63) is 70.3 Å². The molecule has 5 rings (SSSR count). The van der Waals surface area contributed by atoms with Crippen LogP contribution < -0.4 is 14.8 Å². The van der Waals surface area contributed by atoms with E-state index < -0.39 is 27.3 Å². The summed E-state index contributed by atoms with van der Waals surface area (Å²) in [7, 11) is -2.35. The van der Waals surface area contributed by atoms with E-state index in [1.165, 1.54) is 18.2 Å². The Morgan fingerprint density at radius 1 is 1.29 bits per heavy atom. The Bertz CT molecular complexity index is 1450. The topological polar surface area (TPSA) is 139 Å². The van der Waals surface area contributed by atoms with Gasteiger partial charge in [0.1, 0.15) is 11.0 Å². The van der Waals surface area contributed by atoms with Gasteiger partial charge in [-0.15, -0.1) is 0 Å². The number of carboxylic acid groups (broad SMARTS) is 1. The molecule has 2 aliphatic carbocycles. The van der Waals surface area contributed by atoms with E-state index in [0.29, 0.717) is 30.5 Å². The van der Waals surface area contributed by atoms with Gasteiger partial charge >= 0.3 is 5.97 Å². The van der Waals surface area contributed by atoms with Crippen LogP contribution in [0.3, 0.4) is 0 Å². The number of carbonyl (C=O) groups is 1. The standard InChI is InChI=1S/C31H39ClN2O7S/c1-40-17-24(42(33,38)39)5-2-6-28(35)25-10-7-22(25)16-34-18-31(13-3-4-20-14-23(32)9-11-26(20)31)19-41-29-12-8-21(30(36)37)15-27(29)34/h2,6,8-9,11-12,14-15,22,24-25,28,35H,3-5,7,10,13,16-19H2,1H3,(H,36,37)(H2,33,38,39)/b6-2+/t22-,24+,25+,28-,31-/m0/s1. The number of benzene rings is 2. The predicted molar refractivity (Wildman–Crippen MR) is 162 cm³/mol. The second kappa shape index (κ2) is 12.5. The molecule has 0 bridgehead atoms. The largest absolute Gasteiger partial charge is 0.490 e. The number of carboxylic acids is 1. The van der Waals surface area contributed by atoms with Gasteiger partial charge in [-0.2, -0.15) is 0 Å². The molecule has 3 aliphatic rings. The van der Waals surface area contributed by atoms with Crippen molar-refractivity contribution in [2.24, 2.45) is 17.0 Å². The Morgan fingerprint density at radius 2 is 2.10 bits per heavy atom. The third kappa shape index (κ3) is 6.48. The van der Waals surface area contributed by atoms with Crippen molar-refractivity contribution in [3.63, 3.8) is 0 Å². The van der Waals surface area contributed by atoms with Crippen molar-refractivity contribution >= 4 is 33.3 Å². The second-order valence-electron chi connectivity index (χ2n) is 11.9. The summed E-state index contributed by atoms with van der Waals surface area (Å²) < 4.78 is 35.1. The lowest BCUT2D eigenvalue weighted by Crippen LogP contribution is -2.49. The summed E-state index contributed by atoms with van der Waals surface area (Å²) >= 11 is 6.35. The zero-order valence-electron chi connectivity index (χ0n) is 23.7. The molecule has 0 aromatic heterocycles. The quantitative estimate of drug-likeness (QED) is 0.338. The monoisotopic (exact) mass is 618 g/mol. The second-order valence-corrected chi connectivity index (χ2v) is 14.2. The number of aryl methyl sites for hydroxylation is 1. The van der Waals surface area contributed by atoms with Gasteiger partial charge in [0, 0.05) is 30.6 Å². The van der Waals surface area contributed by atoms with E-state index in [9.17, 15) is 23.4 Å². The Labute approximate surface area is 252 Å². The van der Waals surface area contributed by atoms with Crippen LogP contribution in [0.25, 0.3) is 0 Å². The number of aliphatic hydroxyl groups is 1. The minimum absolute atomic E-state index is 0.0136. The van der Waals surface area contributed by atoms with Gasteiger partial charge in [-0.3, -0.25) is 0 Å². The third-order valence-corrected chi connectivity index (χ3v) is 10.7. The zero-order valence-corrected chi connectivity index (χ0v) is 25.3.